The summed E-state index contributed by atoms with van der Waals surface area (Å²) in [4.78, 5) is 35.1. The van der Waals surface area contributed by atoms with Crippen molar-refractivity contribution in [2.24, 2.45) is 5.10 Å². The summed E-state index contributed by atoms with van der Waals surface area (Å²) in [6.07, 6.45) is 0.509. The number of benzene rings is 2. The molecule has 0 aliphatic carbocycles. The Hall–Kier alpha value is -4.01. The van der Waals surface area contributed by atoms with Gasteiger partial charge in [-0.25, -0.2) is 0 Å². The number of ether oxygens (including phenoxy) is 1. The van der Waals surface area contributed by atoms with Gasteiger partial charge in [-0.2, -0.15) is 5.01 Å². The minimum atomic E-state index is -1.08. The molecule has 4 rings (SSSR count). The van der Waals surface area contributed by atoms with Crippen LogP contribution in [0.1, 0.15) is 36.0 Å². The molecule has 3 aromatic rings. The molecule has 146 valence electrons. The summed E-state index contributed by atoms with van der Waals surface area (Å²) >= 11 is 0. The fourth-order valence-electron chi connectivity index (χ4n) is 3.35. The highest BCUT2D eigenvalue weighted by Gasteiger charge is 2.38. The summed E-state index contributed by atoms with van der Waals surface area (Å²) in [5.41, 5.74) is 1.22. The van der Waals surface area contributed by atoms with E-state index in [0.29, 0.717) is 16.5 Å². The number of fused-ring (bicyclic) bond motifs is 1. The molecule has 0 unspecified atom stereocenters. The molecule has 1 amide bonds. The molecule has 0 saturated carbocycles. The van der Waals surface area contributed by atoms with Gasteiger partial charge in [-0.15, -0.1) is 5.10 Å². The summed E-state index contributed by atoms with van der Waals surface area (Å²) in [6, 6.07) is 13.3. The Morgan fingerprint density at radius 2 is 1.76 bits per heavy atom. The maximum absolute atomic E-state index is 12.2. The second-order valence-corrected chi connectivity index (χ2v) is 6.50. The standard InChI is InChI=1S/C20H16N4O5/c1-12(25)22-11-16(14-7-3-5-9-17(14)22)19-21-23(13(2)26)20(29-19)15-8-4-6-10-18(15)24(27)28/h3-11,20H,1-2H3/t20-/m1/s1. The van der Waals surface area contributed by atoms with Crippen molar-refractivity contribution in [3.05, 3.63) is 76.0 Å². The van der Waals surface area contributed by atoms with E-state index in [1.807, 2.05) is 12.1 Å². The van der Waals surface area contributed by atoms with Gasteiger partial charge in [-0.3, -0.25) is 24.3 Å². The Labute approximate surface area is 164 Å². The number of aromatic nitrogens is 1. The van der Waals surface area contributed by atoms with Crippen molar-refractivity contribution in [2.75, 3.05) is 0 Å². The highest BCUT2D eigenvalue weighted by molar-refractivity contribution is 6.10. The molecule has 29 heavy (non-hydrogen) atoms. The third-order valence-corrected chi connectivity index (χ3v) is 4.65. The number of amides is 1. The predicted molar refractivity (Wildman–Crippen MR) is 104 cm³/mol. The van der Waals surface area contributed by atoms with Gasteiger partial charge in [-0.05, 0) is 12.1 Å². The molecule has 0 bridgehead atoms. The van der Waals surface area contributed by atoms with Crippen LogP contribution in [0.4, 0.5) is 5.69 Å². The van der Waals surface area contributed by atoms with Crippen molar-refractivity contribution in [1.82, 2.24) is 9.58 Å². The van der Waals surface area contributed by atoms with Gasteiger partial charge in [0.2, 0.25) is 23.9 Å². The molecule has 1 aromatic heterocycles. The first-order valence-electron chi connectivity index (χ1n) is 8.78. The molecule has 1 aliphatic heterocycles. The van der Waals surface area contributed by atoms with Crippen LogP contribution < -0.4 is 0 Å². The Kier molecular flexibility index (Phi) is 4.34. The van der Waals surface area contributed by atoms with Crippen molar-refractivity contribution in [3.63, 3.8) is 0 Å². The molecule has 0 N–H and O–H groups in total. The molecule has 2 heterocycles. The zero-order chi connectivity index (χ0) is 20.7. The molecule has 0 saturated heterocycles. The monoisotopic (exact) mass is 392 g/mol. The van der Waals surface area contributed by atoms with Crippen LogP contribution >= 0.6 is 0 Å². The number of carbonyl (C=O) groups is 2. The summed E-state index contributed by atoms with van der Waals surface area (Å²) in [5.74, 6) is -0.511. The van der Waals surface area contributed by atoms with Gasteiger partial charge >= 0.3 is 0 Å². The van der Waals surface area contributed by atoms with E-state index in [2.05, 4.69) is 5.10 Å². The summed E-state index contributed by atoms with van der Waals surface area (Å²) in [6.45, 7) is 2.74. The highest BCUT2D eigenvalue weighted by Crippen LogP contribution is 2.36. The average Bonchev–Trinajstić information content (AvgIpc) is 3.30. The number of carbonyl (C=O) groups excluding carboxylic acids is 2. The van der Waals surface area contributed by atoms with E-state index < -0.39 is 17.1 Å². The third-order valence-electron chi connectivity index (χ3n) is 4.65. The Balaban J connectivity index is 1.83. The van der Waals surface area contributed by atoms with E-state index >= 15 is 0 Å². The van der Waals surface area contributed by atoms with Gasteiger partial charge in [0.25, 0.3) is 5.69 Å². The normalized spacial score (nSPS) is 15.9. The summed E-state index contributed by atoms with van der Waals surface area (Å²) in [5, 5.41) is 17.5. The number of nitro benzene ring substituents is 1. The number of hydrogen-bond acceptors (Lipinski definition) is 6. The van der Waals surface area contributed by atoms with Gasteiger partial charge in [0, 0.05) is 31.5 Å². The zero-order valence-corrected chi connectivity index (χ0v) is 15.6. The molecule has 9 nitrogen and oxygen atoms in total. The molecular weight excluding hydrogens is 376 g/mol. The first-order chi connectivity index (χ1) is 13.9. The van der Waals surface area contributed by atoms with E-state index in [0.717, 1.165) is 5.01 Å². The number of nitro groups is 1. The van der Waals surface area contributed by atoms with Crippen LogP contribution in [0, 0.1) is 10.1 Å². The smallest absolute Gasteiger partial charge is 0.278 e. The van der Waals surface area contributed by atoms with Crippen molar-refractivity contribution >= 4 is 34.3 Å². The first-order valence-corrected chi connectivity index (χ1v) is 8.78. The molecule has 0 radical (unpaired) electrons. The topological polar surface area (TPSA) is 107 Å². The lowest BCUT2D eigenvalue weighted by Crippen LogP contribution is -2.25. The van der Waals surface area contributed by atoms with Crippen LogP contribution in [-0.2, 0) is 9.53 Å². The van der Waals surface area contributed by atoms with Crippen LogP contribution in [0.15, 0.2) is 59.8 Å². The Morgan fingerprint density at radius 1 is 1.07 bits per heavy atom. The number of rotatable bonds is 3. The average molecular weight is 392 g/mol. The molecule has 1 aliphatic rings. The SMILES string of the molecule is CC(=O)N1N=C(c2cn(C(C)=O)c3ccccc23)O[C@@H]1c1ccccc1[N+](=O)[O-]. The first kappa shape index (κ1) is 18.4. The lowest BCUT2D eigenvalue weighted by Gasteiger charge is -2.19. The zero-order valence-electron chi connectivity index (χ0n) is 15.6. The number of nitrogens with zero attached hydrogens (tertiary/aromatic N) is 4. The van der Waals surface area contributed by atoms with Crippen LogP contribution in [0.5, 0.6) is 0 Å². The maximum Gasteiger partial charge on any atom is 0.278 e. The van der Waals surface area contributed by atoms with Crippen LogP contribution in [0.3, 0.4) is 0 Å². The molecule has 2 aromatic carbocycles. The number of hydrogen-bond donors (Lipinski definition) is 0. The minimum absolute atomic E-state index is 0.111. The fraction of sp³-hybridized carbons (Fsp3) is 0.150. The van der Waals surface area contributed by atoms with Crippen molar-refractivity contribution in [2.45, 2.75) is 20.1 Å². The van der Waals surface area contributed by atoms with E-state index in [9.17, 15) is 19.7 Å². The van der Waals surface area contributed by atoms with E-state index in [1.54, 1.807) is 24.4 Å². The van der Waals surface area contributed by atoms with Gasteiger partial charge in [-0.1, -0.05) is 30.3 Å². The number of para-hydroxylation sites is 2. The lowest BCUT2D eigenvalue weighted by atomic mass is 10.1. The molecule has 1 atom stereocenters. The van der Waals surface area contributed by atoms with Gasteiger partial charge < -0.3 is 4.74 Å². The lowest BCUT2D eigenvalue weighted by molar-refractivity contribution is -0.386. The Morgan fingerprint density at radius 3 is 2.45 bits per heavy atom. The molecule has 9 heteroatoms. The van der Waals surface area contributed by atoms with E-state index in [-0.39, 0.29) is 23.1 Å². The second kappa shape index (κ2) is 6.86. The fourth-order valence-corrected chi connectivity index (χ4v) is 3.35. The molecule has 0 spiro atoms. The summed E-state index contributed by atoms with van der Waals surface area (Å²) in [7, 11) is 0. The van der Waals surface area contributed by atoms with Gasteiger partial charge in [0.1, 0.15) is 0 Å². The maximum atomic E-state index is 12.2. The minimum Gasteiger partial charge on any atom is -0.445 e. The molecule has 0 fully saturated rings. The van der Waals surface area contributed by atoms with Crippen LogP contribution in [-0.4, -0.2) is 32.2 Å². The largest absolute Gasteiger partial charge is 0.445 e. The Bertz CT molecular complexity index is 1200. The van der Waals surface area contributed by atoms with Crippen molar-refractivity contribution in [3.8, 4) is 0 Å². The van der Waals surface area contributed by atoms with Crippen LogP contribution in [0.25, 0.3) is 10.9 Å². The van der Waals surface area contributed by atoms with E-state index in [4.69, 9.17) is 4.74 Å². The second-order valence-electron chi connectivity index (χ2n) is 6.50. The third kappa shape index (κ3) is 3.02. The van der Waals surface area contributed by atoms with Gasteiger partial charge in [0.15, 0.2) is 0 Å². The van der Waals surface area contributed by atoms with Crippen molar-refractivity contribution < 1.29 is 19.2 Å². The van der Waals surface area contributed by atoms with Crippen LogP contribution in [0.2, 0.25) is 0 Å². The van der Waals surface area contributed by atoms with E-state index in [1.165, 1.54) is 36.6 Å². The predicted octanol–water partition coefficient (Wildman–Crippen LogP) is 3.45. The summed E-state index contributed by atoms with van der Waals surface area (Å²) < 4.78 is 7.39. The molecular formula is C20H16N4O5. The highest BCUT2D eigenvalue weighted by atomic mass is 16.6. The van der Waals surface area contributed by atoms with Gasteiger partial charge in [0.05, 0.1) is 21.6 Å². The quantitative estimate of drug-likeness (QED) is 0.501. The number of hydrazone groups is 1. The van der Waals surface area contributed by atoms with Crippen molar-refractivity contribution in [1.29, 1.82) is 0 Å².